The van der Waals surface area contributed by atoms with Gasteiger partial charge in [-0.2, -0.15) is 0 Å². The van der Waals surface area contributed by atoms with Crippen LogP contribution >= 0.6 is 0 Å². The van der Waals surface area contributed by atoms with E-state index >= 15 is 0 Å². The number of Topliss-reactive ketones (excluding diaryl/α,β-unsaturated/α-hetero) is 1. The highest BCUT2D eigenvalue weighted by Gasteiger charge is 2.35. The molecule has 1 saturated heterocycles. The van der Waals surface area contributed by atoms with Crippen LogP contribution in [0.2, 0.25) is 0 Å². The average molecular weight is 352 g/mol. The predicted molar refractivity (Wildman–Crippen MR) is 98.7 cm³/mol. The molecule has 3 nitrogen and oxygen atoms in total. The van der Waals surface area contributed by atoms with Crippen LogP contribution < -0.4 is 0 Å². The lowest BCUT2D eigenvalue weighted by atomic mass is 9.83. The maximum atomic E-state index is 13.1. The number of rotatable bonds is 3. The number of carbonyl (C=O) groups excluding carboxylic acids is 1. The molecule has 0 saturated carbocycles. The van der Waals surface area contributed by atoms with E-state index in [9.17, 15) is 14.3 Å². The Morgan fingerprint density at radius 1 is 0.962 bits per heavy atom. The first-order chi connectivity index (χ1) is 12.6. The number of hydrogen-bond acceptors (Lipinski definition) is 3. The molecule has 1 aliphatic heterocycles. The van der Waals surface area contributed by atoms with E-state index in [0.29, 0.717) is 12.0 Å². The Bertz CT molecular complexity index is 781. The Morgan fingerprint density at radius 3 is 2.23 bits per heavy atom. The lowest BCUT2D eigenvalue weighted by molar-refractivity contribution is 0.0239. The lowest BCUT2D eigenvalue weighted by Gasteiger charge is -2.41. The van der Waals surface area contributed by atoms with E-state index in [-0.39, 0.29) is 29.7 Å². The Kier molecular flexibility index (Phi) is 4.88. The topological polar surface area (TPSA) is 40.5 Å². The molecule has 1 heterocycles. The molecule has 0 unspecified atom stereocenters. The summed E-state index contributed by atoms with van der Waals surface area (Å²) in [4.78, 5) is 15.0. The largest absolute Gasteiger partial charge is 0.391 e. The molecule has 4 rings (SSSR count). The fourth-order valence-corrected chi connectivity index (χ4v) is 4.39. The second-order valence-corrected chi connectivity index (χ2v) is 7.49. The standard InChI is InChI=1S/C22H24FNO2/c23-19-7-5-15(6-8-19)22(26)16-9-11-24(12-10-16)20-13-17-3-1-2-4-18(17)14-21(20)25/h1-8,16,20-21,25H,9-14H2/t20-,21-/m1/s1/i23-1. The Hall–Kier alpha value is -2.04. The highest BCUT2D eigenvalue weighted by atomic mass is 18.2. The van der Waals surface area contributed by atoms with E-state index in [4.69, 9.17) is 0 Å². The second-order valence-electron chi connectivity index (χ2n) is 7.49. The molecule has 2 aliphatic rings. The fourth-order valence-electron chi connectivity index (χ4n) is 4.39. The summed E-state index contributed by atoms with van der Waals surface area (Å²) in [5, 5.41) is 10.6. The van der Waals surface area contributed by atoms with Crippen LogP contribution in [0.3, 0.4) is 0 Å². The van der Waals surface area contributed by atoms with Crippen LogP contribution in [0.5, 0.6) is 0 Å². The molecule has 2 aromatic carbocycles. The summed E-state index contributed by atoms with van der Waals surface area (Å²) in [6.07, 6.45) is 2.81. The van der Waals surface area contributed by atoms with E-state index in [0.717, 1.165) is 32.4 Å². The van der Waals surface area contributed by atoms with Gasteiger partial charge in [-0.05, 0) is 67.7 Å². The van der Waals surface area contributed by atoms with Crippen molar-refractivity contribution in [3.8, 4) is 0 Å². The van der Waals surface area contributed by atoms with Gasteiger partial charge < -0.3 is 5.11 Å². The van der Waals surface area contributed by atoms with Gasteiger partial charge in [0.05, 0.1) is 6.10 Å². The molecular formula is C22H24FNO2. The maximum Gasteiger partial charge on any atom is 0.166 e. The summed E-state index contributed by atoms with van der Waals surface area (Å²) >= 11 is 0. The average Bonchev–Trinajstić information content (AvgIpc) is 2.68. The molecule has 0 amide bonds. The van der Waals surface area contributed by atoms with Crippen LogP contribution in [0.4, 0.5) is 4.39 Å². The van der Waals surface area contributed by atoms with E-state index in [1.54, 1.807) is 12.1 Å². The van der Waals surface area contributed by atoms with Crippen molar-refractivity contribution >= 4 is 5.78 Å². The summed E-state index contributed by atoms with van der Waals surface area (Å²) in [5.41, 5.74) is 3.17. The van der Waals surface area contributed by atoms with Gasteiger partial charge in [0.25, 0.3) is 0 Å². The molecular weight excluding hydrogens is 328 g/mol. The van der Waals surface area contributed by atoms with Gasteiger partial charge in [-0.3, -0.25) is 9.69 Å². The molecule has 2 aromatic rings. The van der Waals surface area contributed by atoms with Gasteiger partial charge in [0.2, 0.25) is 0 Å². The van der Waals surface area contributed by atoms with Gasteiger partial charge in [-0.15, -0.1) is 0 Å². The molecule has 0 bridgehead atoms. The van der Waals surface area contributed by atoms with Crippen LogP contribution in [-0.2, 0) is 12.8 Å². The number of hydrogen-bond donors (Lipinski definition) is 1. The van der Waals surface area contributed by atoms with Crippen molar-refractivity contribution in [3.05, 3.63) is 71.0 Å². The molecule has 0 radical (unpaired) electrons. The third-order valence-electron chi connectivity index (χ3n) is 5.92. The summed E-state index contributed by atoms with van der Waals surface area (Å²) in [5.74, 6) is -0.216. The quantitative estimate of drug-likeness (QED) is 0.862. The lowest BCUT2D eigenvalue weighted by Crippen LogP contribution is -2.51. The Labute approximate surface area is 153 Å². The summed E-state index contributed by atoms with van der Waals surface area (Å²) in [6, 6.07) is 14.3. The molecule has 136 valence electrons. The van der Waals surface area contributed by atoms with E-state index < -0.39 is 0 Å². The normalized spacial score (nSPS) is 24.2. The number of carbonyl (C=O) groups is 1. The fraction of sp³-hybridized carbons (Fsp3) is 0.409. The number of halogens is 1. The van der Waals surface area contributed by atoms with E-state index in [1.807, 2.05) is 6.07 Å². The SMILES string of the molecule is O=C(c1ccc([18F])cc1)C1CCN([C@@H]2Cc3ccccc3C[C@H]2O)CC1. The summed E-state index contributed by atoms with van der Waals surface area (Å²) in [7, 11) is 0. The van der Waals surface area contributed by atoms with Crippen molar-refractivity contribution in [1.29, 1.82) is 0 Å². The zero-order valence-corrected chi connectivity index (χ0v) is 14.8. The van der Waals surface area contributed by atoms with E-state index in [1.165, 1.54) is 23.3 Å². The number of benzene rings is 2. The van der Waals surface area contributed by atoms with Crippen LogP contribution in [0, 0.1) is 11.7 Å². The van der Waals surface area contributed by atoms with Crippen molar-refractivity contribution in [2.75, 3.05) is 13.1 Å². The van der Waals surface area contributed by atoms with Gasteiger partial charge >= 0.3 is 0 Å². The maximum absolute atomic E-state index is 13.1. The minimum atomic E-state index is -0.353. The molecule has 2 atom stereocenters. The highest BCUT2D eigenvalue weighted by Crippen LogP contribution is 2.29. The third-order valence-corrected chi connectivity index (χ3v) is 5.92. The minimum Gasteiger partial charge on any atom is -0.391 e. The number of likely N-dealkylation sites (tertiary alicyclic amines) is 1. The molecule has 26 heavy (non-hydrogen) atoms. The second kappa shape index (κ2) is 7.29. The first-order valence-corrected chi connectivity index (χ1v) is 9.40. The van der Waals surface area contributed by atoms with Crippen molar-refractivity contribution in [2.24, 2.45) is 5.92 Å². The number of fused-ring (bicyclic) bond motifs is 1. The molecule has 4 heteroatoms. The van der Waals surface area contributed by atoms with Crippen molar-refractivity contribution in [3.63, 3.8) is 0 Å². The first-order valence-electron chi connectivity index (χ1n) is 9.40. The molecule has 0 spiro atoms. The minimum absolute atomic E-state index is 0.00951. The van der Waals surface area contributed by atoms with Gasteiger partial charge in [-0.1, -0.05) is 24.3 Å². The van der Waals surface area contributed by atoms with Gasteiger partial charge in [-0.25, -0.2) is 4.39 Å². The van der Waals surface area contributed by atoms with Crippen LogP contribution in [0.1, 0.15) is 34.3 Å². The predicted octanol–water partition coefficient (Wildman–Crippen LogP) is 3.25. The van der Waals surface area contributed by atoms with Crippen molar-refractivity contribution in [2.45, 2.75) is 37.8 Å². The highest BCUT2D eigenvalue weighted by molar-refractivity contribution is 5.97. The summed E-state index contributed by atoms with van der Waals surface area (Å²) < 4.78 is 13.1. The van der Waals surface area contributed by atoms with Crippen LogP contribution in [-0.4, -0.2) is 41.0 Å². The molecule has 1 N–H and O–H groups in total. The van der Waals surface area contributed by atoms with Crippen molar-refractivity contribution in [1.82, 2.24) is 4.90 Å². The molecule has 1 fully saturated rings. The van der Waals surface area contributed by atoms with E-state index in [2.05, 4.69) is 23.1 Å². The number of aliphatic hydroxyl groups is 1. The van der Waals surface area contributed by atoms with Crippen LogP contribution in [0.25, 0.3) is 0 Å². The number of ketones is 1. The molecule has 0 aromatic heterocycles. The van der Waals surface area contributed by atoms with Gasteiger partial charge in [0.15, 0.2) is 5.78 Å². The number of aliphatic hydroxyl groups excluding tert-OH is 1. The Balaban J connectivity index is 1.39. The smallest absolute Gasteiger partial charge is 0.166 e. The first kappa shape index (κ1) is 17.4. The number of nitrogens with zero attached hydrogens (tertiary/aromatic N) is 1. The zero-order chi connectivity index (χ0) is 18.1. The zero-order valence-electron chi connectivity index (χ0n) is 14.8. The Morgan fingerprint density at radius 2 is 1.58 bits per heavy atom. The molecule has 1 aliphatic carbocycles. The monoisotopic (exact) mass is 352 g/mol. The summed E-state index contributed by atoms with van der Waals surface area (Å²) in [6.45, 7) is 1.64. The third kappa shape index (κ3) is 3.44. The van der Waals surface area contributed by atoms with Crippen molar-refractivity contribution < 1.29 is 14.3 Å². The van der Waals surface area contributed by atoms with Gasteiger partial charge in [0, 0.05) is 23.9 Å². The van der Waals surface area contributed by atoms with Crippen LogP contribution in [0.15, 0.2) is 48.5 Å². The number of piperidine rings is 1. The van der Waals surface area contributed by atoms with Gasteiger partial charge in [0.1, 0.15) is 5.82 Å².